The van der Waals surface area contributed by atoms with Gasteiger partial charge in [0.1, 0.15) is 5.82 Å². The molecule has 0 bridgehead atoms. The molecule has 2 rings (SSSR count). The van der Waals surface area contributed by atoms with Crippen molar-refractivity contribution < 1.29 is 8.42 Å². The molecule has 0 unspecified atom stereocenters. The largest absolute Gasteiger partial charge is 0.337 e. The van der Waals surface area contributed by atoms with Gasteiger partial charge >= 0.3 is 0 Å². The molecule has 0 aliphatic heterocycles. The summed E-state index contributed by atoms with van der Waals surface area (Å²) in [6, 6.07) is 7.22. The maximum absolute atomic E-state index is 12.1. The highest BCUT2D eigenvalue weighted by molar-refractivity contribution is 7.92. The predicted octanol–water partition coefficient (Wildman–Crippen LogP) is 1.84. The molecule has 6 heteroatoms. The van der Waals surface area contributed by atoms with Crippen molar-refractivity contribution in [3.05, 3.63) is 41.9 Å². The van der Waals surface area contributed by atoms with Crippen LogP contribution in [0.2, 0.25) is 0 Å². The number of para-hydroxylation sites is 1. The molecule has 0 aliphatic rings. The Morgan fingerprint density at radius 2 is 1.89 bits per heavy atom. The number of benzene rings is 1. The van der Waals surface area contributed by atoms with Crippen LogP contribution in [-0.2, 0) is 17.1 Å². The molecule has 0 atom stereocenters. The van der Waals surface area contributed by atoms with Gasteiger partial charge in [-0.15, -0.1) is 0 Å². The first-order chi connectivity index (χ1) is 8.40. The molecule has 1 aromatic carbocycles. The summed E-state index contributed by atoms with van der Waals surface area (Å²) in [7, 11) is -1.86. The Morgan fingerprint density at radius 3 is 2.44 bits per heavy atom. The Bertz CT molecular complexity index is 655. The molecule has 1 aromatic heterocycles. The van der Waals surface area contributed by atoms with Crippen LogP contribution in [0.4, 0.5) is 5.69 Å². The number of aryl methyl sites for hydroxylation is 3. The third-order valence-corrected chi connectivity index (χ3v) is 3.99. The van der Waals surface area contributed by atoms with Gasteiger partial charge in [-0.1, -0.05) is 18.2 Å². The minimum atomic E-state index is -3.62. The molecule has 1 N–H and O–H groups in total. The number of imidazole rings is 1. The Kier molecular flexibility index (Phi) is 3.13. The second-order valence-corrected chi connectivity index (χ2v) is 5.79. The molecule has 5 nitrogen and oxygen atoms in total. The fourth-order valence-electron chi connectivity index (χ4n) is 1.54. The maximum atomic E-state index is 12.1. The standard InChI is InChI=1S/C12H15N3O2S/c1-9-6-4-5-7-11(9)14-18(16,17)12-8-15(3)10(2)13-12/h4-8,14H,1-3H3. The van der Waals surface area contributed by atoms with Crippen molar-refractivity contribution in [3.8, 4) is 0 Å². The Hall–Kier alpha value is -1.82. The summed E-state index contributed by atoms with van der Waals surface area (Å²) in [6.07, 6.45) is 1.50. The fraction of sp³-hybridized carbons (Fsp3) is 0.250. The number of aromatic nitrogens is 2. The van der Waals surface area contributed by atoms with Crippen molar-refractivity contribution in [2.24, 2.45) is 7.05 Å². The summed E-state index contributed by atoms with van der Waals surface area (Å²) in [4.78, 5) is 4.02. The van der Waals surface area contributed by atoms with Crippen LogP contribution >= 0.6 is 0 Å². The lowest BCUT2D eigenvalue weighted by molar-refractivity contribution is 0.598. The second-order valence-electron chi connectivity index (χ2n) is 4.16. The van der Waals surface area contributed by atoms with Gasteiger partial charge in [0, 0.05) is 13.2 Å². The molecule has 0 saturated heterocycles. The number of rotatable bonds is 3. The summed E-state index contributed by atoms with van der Waals surface area (Å²) in [5, 5.41) is 0.0331. The summed E-state index contributed by atoms with van der Waals surface area (Å²) in [5.74, 6) is 0.653. The van der Waals surface area contributed by atoms with Gasteiger partial charge in [0.25, 0.3) is 10.0 Å². The van der Waals surface area contributed by atoms with E-state index >= 15 is 0 Å². The molecule has 0 spiro atoms. The van der Waals surface area contributed by atoms with E-state index < -0.39 is 10.0 Å². The van der Waals surface area contributed by atoms with E-state index in [0.717, 1.165) is 5.56 Å². The van der Waals surface area contributed by atoms with E-state index in [9.17, 15) is 8.42 Å². The zero-order chi connectivity index (χ0) is 13.3. The van der Waals surface area contributed by atoms with E-state index in [0.29, 0.717) is 11.5 Å². The van der Waals surface area contributed by atoms with Crippen molar-refractivity contribution in [3.63, 3.8) is 0 Å². The maximum Gasteiger partial charge on any atom is 0.280 e. The van der Waals surface area contributed by atoms with Gasteiger partial charge in [-0.05, 0) is 25.5 Å². The smallest absolute Gasteiger partial charge is 0.280 e. The van der Waals surface area contributed by atoms with Crippen molar-refractivity contribution in [2.45, 2.75) is 18.9 Å². The lowest BCUT2D eigenvalue weighted by atomic mass is 10.2. The van der Waals surface area contributed by atoms with Gasteiger partial charge in [-0.3, -0.25) is 4.72 Å². The van der Waals surface area contributed by atoms with E-state index in [4.69, 9.17) is 0 Å². The van der Waals surface area contributed by atoms with Gasteiger partial charge in [-0.2, -0.15) is 8.42 Å². The van der Waals surface area contributed by atoms with Gasteiger partial charge in [0.15, 0.2) is 5.03 Å². The summed E-state index contributed by atoms with van der Waals surface area (Å²) < 4.78 is 28.5. The van der Waals surface area contributed by atoms with Crippen LogP contribution in [0.15, 0.2) is 35.5 Å². The zero-order valence-corrected chi connectivity index (χ0v) is 11.3. The monoisotopic (exact) mass is 265 g/mol. The van der Waals surface area contributed by atoms with E-state index in [-0.39, 0.29) is 5.03 Å². The number of nitrogens with zero attached hydrogens (tertiary/aromatic N) is 2. The average molecular weight is 265 g/mol. The van der Waals surface area contributed by atoms with Crippen molar-refractivity contribution in [1.82, 2.24) is 9.55 Å². The highest BCUT2D eigenvalue weighted by Gasteiger charge is 2.19. The highest BCUT2D eigenvalue weighted by Crippen LogP contribution is 2.18. The molecule has 0 radical (unpaired) electrons. The van der Waals surface area contributed by atoms with E-state index in [1.165, 1.54) is 6.20 Å². The van der Waals surface area contributed by atoms with Gasteiger partial charge < -0.3 is 4.57 Å². The minimum Gasteiger partial charge on any atom is -0.337 e. The first-order valence-electron chi connectivity index (χ1n) is 5.48. The number of hydrogen-bond donors (Lipinski definition) is 1. The van der Waals surface area contributed by atoms with Crippen LogP contribution in [-0.4, -0.2) is 18.0 Å². The lowest BCUT2D eigenvalue weighted by Crippen LogP contribution is -2.14. The van der Waals surface area contributed by atoms with E-state index in [1.807, 2.05) is 19.1 Å². The topological polar surface area (TPSA) is 64.0 Å². The van der Waals surface area contributed by atoms with Gasteiger partial charge in [0.05, 0.1) is 5.69 Å². The molecule has 0 fully saturated rings. The van der Waals surface area contributed by atoms with Gasteiger partial charge in [0.2, 0.25) is 0 Å². The van der Waals surface area contributed by atoms with Crippen LogP contribution in [0.1, 0.15) is 11.4 Å². The van der Waals surface area contributed by atoms with E-state index in [1.54, 1.807) is 30.7 Å². The van der Waals surface area contributed by atoms with Crippen LogP contribution in [0.3, 0.4) is 0 Å². The molecular formula is C12H15N3O2S. The number of hydrogen-bond acceptors (Lipinski definition) is 3. The van der Waals surface area contributed by atoms with Crippen LogP contribution in [0, 0.1) is 13.8 Å². The van der Waals surface area contributed by atoms with E-state index in [2.05, 4.69) is 9.71 Å². The molecule has 1 heterocycles. The number of nitrogens with one attached hydrogen (secondary N) is 1. The third-order valence-electron chi connectivity index (χ3n) is 2.75. The van der Waals surface area contributed by atoms with Crippen molar-refractivity contribution >= 4 is 15.7 Å². The van der Waals surface area contributed by atoms with Crippen LogP contribution in [0.25, 0.3) is 0 Å². The fourth-order valence-corrected chi connectivity index (χ4v) is 2.71. The van der Waals surface area contributed by atoms with Crippen LogP contribution < -0.4 is 4.72 Å². The molecule has 0 saturated carbocycles. The molecule has 0 aliphatic carbocycles. The predicted molar refractivity (Wildman–Crippen MR) is 69.9 cm³/mol. The molecular weight excluding hydrogens is 250 g/mol. The molecule has 0 amide bonds. The Labute approximate surface area is 107 Å². The molecule has 18 heavy (non-hydrogen) atoms. The Balaban J connectivity index is 2.36. The number of anilines is 1. The lowest BCUT2D eigenvalue weighted by Gasteiger charge is -2.08. The molecule has 96 valence electrons. The summed E-state index contributed by atoms with van der Waals surface area (Å²) >= 11 is 0. The SMILES string of the molecule is Cc1ccccc1NS(=O)(=O)c1cn(C)c(C)n1. The third kappa shape index (κ3) is 2.38. The van der Waals surface area contributed by atoms with Crippen molar-refractivity contribution in [1.29, 1.82) is 0 Å². The first kappa shape index (κ1) is 12.6. The summed E-state index contributed by atoms with van der Waals surface area (Å²) in [6.45, 7) is 3.61. The average Bonchev–Trinajstić information content (AvgIpc) is 2.63. The second kappa shape index (κ2) is 4.45. The minimum absolute atomic E-state index is 0.0331. The zero-order valence-electron chi connectivity index (χ0n) is 10.5. The first-order valence-corrected chi connectivity index (χ1v) is 6.97. The highest BCUT2D eigenvalue weighted by atomic mass is 32.2. The Morgan fingerprint density at radius 1 is 1.22 bits per heavy atom. The quantitative estimate of drug-likeness (QED) is 0.921. The summed E-state index contributed by atoms with van der Waals surface area (Å²) in [5.41, 5.74) is 1.44. The van der Waals surface area contributed by atoms with Crippen molar-refractivity contribution in [2.75, 3.05) is 4.72 Å². The number of sulfonamides is 1. The molecule has 2 aromatic rings. The van der Waals surface area contributed by atoms with Crippen LogP contribution in [0.5, 0.6) is 0 Å². The van der Waals surface area contributed by atoms with Gasteiger partial charge in [-0.25, -0.2) is 4.98 Å². The normalized spacial score (nSPS) is 11.5.